The van der Waals surface area contributed by atoms with Crippen molar-refractivity contribution in [2.75, 3.05) is 13.7 Å². The third kappa shape index (κ3) is 2.68. The number of ketones is 1. The smallest absolute Gasteiger partial charge is 0.181 e. The SMILES string of the molecule is COc1ccc(C(=O)C(N)CO)cc1Cl. The summed E-state index contributed by atoms with van der Waals surface area (Å²) in [5.41, 5.74) is 5.76. The first-order valence-electron chi connectivity index (χ1n) is 4.34. The zero-order chi connectivity index (χ0) is 11.4. The first-order valence-corrected chi connectivity index (χ1v) is 4.72. The number of hydrogen-bond donors (Lipinski definition) is 2. The van der Waals surface area contributed by atoms with E-state index in [9.17, 15) is 4.79 Å². The highest BCUT2D eigenvalue weighted by Crippen LogP contribution is 2.25. The lowest BCUT2D eigenvalue weighted by Gasteiger charge is -2.08. The van der Waals surface area contributed by atoms with Crippen LogP contribution in [-0.2, 0) is 0 Å². The van der Waals surface area contributed by atoms with E-state index in [1.165, 1.54) is 13.2 Å². The molecule has 0 radical (unpaired) electrons. The number of ether oxygens (including phenoxy) is 1. The van der Waals surface area contributed by atoms with Crippen molar-refractivity contribution < 1.29 is 14.6 Å². The maximum Gasteiger partial charge on any atom is 0.181 e. The molecule has 3 N–H and O–H groups in total. The van der Waals surface area contributed by atoms with Gasteiger partial charge >= 0.3 is 0 Å². The van der Waals surface area contributed by atoms with Gasteiger partial charge in [-0.25, -0.2) is 0 Å². The fraction of sp³-hybridized carbons (Fsp3) is 0.300. The van der Waals surface area contributed by atoms with Gasteiger partial charge in [-0.05, 0) is 18.2 Å². The van der Waals surface area contributed by atoms with Crippen LogP contribution in [0.2, 0.25) is 5.02 Å². The second kappa shape index (κ2) is 5.11. The Balaban J connectivity index is 2.97. The van der Waals surface area contributed by atoms with E-state index >= 15 is 0 Å². The monoisotopic (exact) mass is 229 g/mol. The number of aliphatic hydroxyl groups excluding tert-OH is 1. The number of hydrogen-bond acceptors (Lipinski definition) is 4. The van der Waals surface area contributed by atoms with Crippen LogP contribution in [0.4, 0.5) is 0 Å². The molecule has 1 aromatic rings. The van der Waals surface area contributed by atoms with E-state index in [4.69, 9.17) is 27.2 Å². The minimum absolute atomic E-state index is 0.341. The summed E-state index contributed by atoms with van der Waals surface area (Å²) in [5.74, 6) is 0.146. The van der Waals surface area contributed by atoms with Crippen molar-refractivity contribution in [3.05, 3.63) is 28.8 Å². The lowest BCUT2D eigenvalue weighted by Crippen LogP contribution is -2.33. The number of nitrogens with two attached hydrogens (primary N) is 1. The molecule has 0 saturated carbocycles. The molecule has 0 bridgehead atoms. The van der Waals surface area contributed by atoms with Crippen LogP contribution < -0.4 is 10.5 Å². The molecule has 0 aliphatic carbocycles. The number of carbonyl (C=O) groups excluding carboxylic acids is 1. The molecule has 0 aromatic heterocycles. The normalized spacial score (nSPS) is 12.3. The number of benzene rings is 1. The van der Waals surface area contributed by atoms with E-state index in [-0.39, 0.29) is 12.4 Å². The molecular formula is C10H12ClNO3. The zero-order valence-electron chi connectivity index (χ0n) is 8.24. The summed E-state index contributed by atoms with van der Waals surface area (Å²) < 4.78 is 4.94. The Bertz CT molecular complexity index is 368. The van der Waals surface area contributed by atoms with Crippen LogP contribution >= 0.6 is 11.6 Å². The number of methoxy groups -OCH3 is 1. The molecule has 1 unspecified atom stereocenters. The summed E-state index contributed by atoms with van der Waals surface area (Å²) in [6.07, 6.45) is 0. The van der Waals surface area contributed by atoms with E-state index < -0.39 is 6.04 Å². The molecule has 0 aliphatic heterocycles. The van der Waals surface area contributed by atoms with Crippen LogP contribution in [0.15, 0.2) is 18.2 Å². The molecule has 0 saturated heterocycles. The molecule has 0 fully saturated rings. The first kappa shape index (κ1) is 12.0. The van der Waals surface area contributed by atoms with Gasteiger partial charge in [-0.1, -0.05) is 11.6 Å². The largest absolute Gasteiger partial charge is 0.495 e. The van der Waals surface area contributed by atoms with E-state index in [0.29, 0.717) is 16.3 Å². The number of Topliss-reactive ketones (excluding diaryl/α,β-unsaturated/α-hetero) is 1. The molecule has 15 heavy (non-hydrogen) atoms. The van der Waals surface area contributed by atoms with Crippen molar-refractivity contribution in [1.82, 2.24) is 0 Å². The average molecular weight is 230 g/mol. The van der Waals surface area contributed by atoms with Crippen LogP contribution in [0.1, 0.15) is 10.4 Å². The molecule has 82 valence electrons. The maximum atomic E-state index is 11.5. The molecule has 1 rings (SSSR count). The quantitative estimate of drug-likeness (QED) is 0.751. The summed E-state index contributed by atoms with van der Waals surface area (Å²) in [4.78, 5) is 11.5. The van der Waals surface area contributed by atoms with Crippen molar-refractivity contribution in [3.63, 3.8) is 0 Å². The van der Waals surface area contributed by atoms with Gasteiger partial charge in [0.1, 0.15) is 5.75 Å². The van der Waals surface area contributed by atoms with Gasteiger partial charge in [0.2, 0.25) is 0 Å². The zero-order valence-corrected chi connectivity index (χ0v) is 8.99. The first-order chi connectivity index (χ1) is 7.10. The Morgan fingerprint density at radius 2 is 2.33 bits per heavy atom. The summed E-state index contributed by atoms with van der Waals surface area (Å²) in [7, 11) is 1.49. The van der Waals surface area contributed by atoms with Gasteiger partial charge in [-0.3, -0.25) is 4.79 Å². The van der Waals surface area contributed by atoms with Crippen LogP contribution in [0.5, 0.6) is 5.75 Å². The maximum absolute atomic E-state index is 11.5. The highest BCUT2D eigenvalue weighted by molar-refractivity contribution is 6.32. The topological polar surface area (TPSA) is 72.5 Å². The molecule has 1 aromatic carbocycles. The molecule has 5 heteroatoms. The highest BCUT2D eigenvalue weighted by Gasteiger charge is 2.15. The predicted octanol–water partition coefficient (Wildman–Crippen LogP) is 0.851. The van der Waals surface area contributed by atoms with Crippen molar-refractivity contribution in [3.8, 4) is 5.75 Å². The number of aliphatic hydroxyl groups is 1. The third-order valence-corrected chi connectivity index (χ3v) is 2.27. The minimum atomic E-state index is -0.908. The fourth-order valence-electron chi connectivity index (χ4n) is 1.12. The van der Waals surface area contributed by atoms with E-state index in [0.717, 1.165) is 0 Å². The number of rotatable bonds is 4. The molecule has 0 amide bonds. The fourth-order valence-corrected chi connectivity index (χ4v) is 1.37. The molecular weight excluding hydrogens is 218 g/mol. The van der Waals surface area contributed by atoms with E-state index in [2.05, 4.69) is 0 Å². The number of halogens is 1. The minimum Gasteiger partial charge on any atom is -0.495 e. The van der Waals surface area contributed by atoms with Crippen molar-refractivity contribution in [1.29, 1.82) is 0 Å². The Morgan fingerprint density at radius 1 is 1.67 bits per heavy atom. The Hall–Kier alpha value is -1.10. The van der Waals surface area contributed by atoms with Gasteiger partial charge in [0.15, 0.2) is 5.78 Å². The van der Waals surface area contributed by atoms with Crippen molar-refractivity contribution >= 4 is 17.4 Å². The third-order valence-electron chi connectivity index (χ3n) is 1.97. The summed E-state index contributed by atoms with van der Waals surface area (Å²) >= 11 is 5.84. The van der Waals surface area contributed by atoms with Crippen LogP contribution in [-0.4, -0.2) is 30.6 Å². The molecule has 4 nitrogen and oxygen atoms in total. The van der Waals surface area contributed by atoms with Gasteiger partial charge in [0.05, 0.1) is 24.8 Å². The number of carbonyl (C=O) groups is 1. The second-order valence-electron chi connectivity index (χ2n) is 3.00. The summed E-state index contributed by atoms with van der Waals surface area (Å²) in [6.45, 7) is -0.386. The van der Waals surface area contributed by atoms with Crippen molar-refractivity contribution in [2.45, 2.75) is 6.04 Å². The molecule has 1 atom stereocenters. The molecule has 0 aliphatic rings. The van der Waals surface area contributed by atoms with Gasteiger partial charge in [0, 0.05) is 5.56 Å². The second-order valence-corrected chi connectivity index (χ2v) is 3.41. The predicted molar refractivity (Wildman–Crippen MR) is 57.4 cm³/mol. The van der Waals surface area contributed by atoms with Crippen molar-refractivity contribution in [2.24, 2.45) is 5.73 Å². The van der Waals surface area contributed by atoms with Crippen LogP contribution in [0.25, 0.3) is 0 Å². The highest BCUT2D eigenvalue weighted by atomic mass is 35.5. The van der Waals surface area contributed by atoms with Gasteiger partial charge in [-0.15, -0.1) is 0 Å². The van der Waals surface area contributed by atoms with Gasteiger partial charge < -0.3 is 15.6 Å². The molecule has 0 spiro atoms. The van der Waals surface area contributed by atoms with Crippen LogP contribution in [0, 0.1) is 0 Å². The van der Waals surface area contributed by atoms with Gasteiger partial charge in [-0.2, -0.15) is 0 Å². The summed E-state index contributed by atoms with van der Waals surface area (Å²) in [5, 5.41) is 9.07. The lowest BCUT2D eigenvalue weighted by molar-refractivity contribution is 0.0925. The van der Waals surface area contributed by atoms with Gasteiger partial charge in [0.25, 0.3) is 0 Å². The summed E-state index contributed by atoms with van der Waals surface area (Å²) in [6, 6.07) is 3.70. The molecule has 0 heterocycles. The Labute approximate surface area is 92.6 Å². The van der Waals surface area contributed by atoms with E-state index in [1.807, 2.05) is 0 Å². The Morgan fingerprint density at radius 3 is 2.80 bits per heavy atom. The lowest BCUT2D eigenvalue weighted by atomic mass is 10.1. The van der Waals surface area contributed by atoms with E-state index in [1.54, 1.807) is 12.1 Å². The average Bonchev–Trinajstić information content (AvgIpc) is 2.26. The Kier molecular flexibility index (Phi) is 4.08. The van der Waals surface area contributed by atoms with Crippen LogP contribution in [0.3, 0.4) is 0 Å². The standard InChI is InChI=1S/C10H12ClNO3/c1-15-9-3-2-6(4-7(9)11)10(14)8(12)5-13/h2-4,8,13H,5,12H2,1H3.